The van der Waals surface area contributed by atoms with Gasteiger partial charge < -0.3 is 10.1 Å². The smallest absolute Gasteiger partial charge is 0.351 e. The molecule has 2 aromatic heterocycles. The molecule has 0 aliphatic heterocycles. The highest BCUT2D eigenvalue weighted by molar-refractivity contribution is 7.12. The van der Waals surface area contributed by atoms with Crippen LogP contribution >= 0.6 is 22.9 Å². The van der Waals surface area contributed by atoms with Gasteiger partial charge in [0.15, 0.2) is 12.4 Å². The molecule has 160 valence electrons. The number of benzene rings is 2. The number of ether oxygens (including phenoxy) is 1. The molecule has 2 aromatic carbocycles. The molecule has 0 aliphatic rings. The van der Waals surface area contributed by atoms with E-state index in [1.165, 1.54) is 23.1 Å². The lowest BCUT2D eigenvalue weighted by Crippen LogP contribution is -2.22. The molecular weight excluding hydrogens is 454 g/mol. The molecule has 0 radical (unpaired) electrons. The first-order valence-electron chi connectivity index (χ1n) is 9.20. The van der Waals surface area contributed by atoms with Crippen LogP contribution in [-0.2, 0) is 9.53 Å². The van der Waals surface area contributed by atoms with Crippen molar-refractivity contribution in [3.8, 4) is 5.69 Å². The SMILES string of the molecule is O=C(COC(=O)c1sccc1-n1cnnn1)Nc1ccc(Cl)cc1C(=O)c1ccccc1. The number of thiophene rings is 1. The Hall–Kier alpha value is -3.89. The Morgan fingerprint density at radius 2 is 1.91 bits per heavy atom. The topological polar surface area (TPSA) is 116 Å². The van der Waals surface area contributed by atoms with Gasteiger partial charge in [0, 0.05) is 16.1 Å². The fraction of sp³-hybridized carbons (Fsp3) is 0.0476. The van der Waals surface area contributed by atoms with E-state index >= 15 is 0 Å². The normalized spacial score (nSPS) is 10.5. The third-order valence-corrected chi connectivity index (χ3v) is 5.42. The Balaban J connectivity index is 1.45. The second-order valence-corrected chi connectivity index (χ2v) is 7.75. The number of tetrazole rings is 1. The molecule has 2 heterocycles. The van der Waals surface area contributed by atoms with Crippen LogP contribution in [0.1, 0.15) is 25.6 Å². The summed E-state index contributed by atoms with van der Waals surface area (Å²) in [5, 5.41) is 15.4. The predicted octanol–water partition coefficient (Wildman–Crippen LogP) is 3.40. The van der Waals surface area contributed by atoms with Crippen LogP contribution in [0.15, 0.2) is 66.3 Å². The molecule has 4 aromatic rings. The van der Waals surface area contributed by atoms with Crippen LogP contribution in [0.25, 0.3) is 5.69 Å². The Labute approximate surface area is 190 Å². The zero-order valence-electron chi connectivity index (χ0n) is 16.3. The average Bonchev–Trinajstić information content (AvgIpc) is 3.50. The van der Waals surface area contributed by atoms with Crippen LogP contribution < -0.4 is 5.32 Å². The van der Waals surface area contributed by atoms with Gasteiger partial charge in [0.1, 0.15) is 11.2 Å². The van der Waals surface area contributed by atoms with Crippen LogP contribution in [0.2, 0.25) is 5.02 Å². The van der Waals surface area contributed by atoms with E-state index in [0.29, 0.717) is 16.3 Å². The van der Waals surface area contributed by atoms with Crippen molar-refractivity contribution in [2.45, 2.75) is 0 Å². The van der Waals surface area contributed by atoms with Crippen LogP contribution in [0.3, 0.4) is 0 Å². The summed E-state index contributed by atoms with van der Waals surface area (Å²) in [5.74, 6) is -1.61. The van der Waals surface area contributed by atoms with Gasteiger partial charge in [0.25, 0.3) is 5.91 Å². The van der Waals surface area contributed by atoms with Crippen molar-refractivity contribution < 1.29 is 19.1 Å². The molecule has 9 nitrogen and oxygen atoms in total. The number of nitrogens with zero attached hydrogens (tertiary/aromatic N) is 4. The summed E-state index contributed by atoms with van der Waals surface area (Å²) in [5.41, 5.74) is 1.38. The van der Waals surface area contributed by atoms with Gasteiger partial charge in [0.05, 0.1) is 11.4 Å². The van der Waals surface area contributed by atoms with E-state index in [4.69, 9.17) is 16.3 Å². The number of ketones is 1. The van der Waals surface area contributed by atoms with Crippen molar-refractivity contribution in [2.75, 3.05) is 11.9 Å². The second kappa shape index (κ2) is 9.50. The maximum absolute atomic E-state index is 12.9. The molecule has 1 N–H and O–H groups in total. The molecule has 0 bridgehead atoms. The molecule has 0 spiro atoms. The lowest BCUT2D eigenvalue weighted by Gasteiger charge is -2.11. The van der Waals surface area contributed by atoms with Gasteiger partial charge in [-0.3, -0.25) is 9.59 Å². The first-order chi connectivity index (χ1) is 15.5. The van der Waals surface area contributed by atoms with E-state index in [9.17, 15) is 14.4 Å². The third kappa shape index (κ3) is 4.71. The third-order valence-electron chi connectivity index (χ3n) is 4.30. The molecular formula is C21H14ClN5O4S. The highest BCUT2D eigenvalue weighted by Crippen LogP contribution is 2.24. The molecule has 32 heavy (non-hydrogen) atoms. The number of rotatable bonds is 7. The van der Waals surface area contributed by atoms with E-state index in [0.717, 1.165) is 11.3 Å². The standard InChI is InChI=1S/C21H14ClN5O4S/c22-14-6-7-16(15(10-14)19(29)13-4-2-1-3-5-13)24-18(28)11-31-21(30)20-17(8-9-32-20)27-12-23-25-26-27/h1-10,12H,11H2,(H,24,28). The van der Waals surface area contributed by atoms with E-state index in [2.05, 4.69) is 20.8 Å². The summed E-state index contributed by atoms with van der Waals surface area (Å²) in [6.07, 6.45) is 1.34. The quantitative estimate of drug-likeness (QED) is 0.327. The number of anilines is 1. The largest absolute Gasteiger partial charge is 0.451 e. The molecule has 0 unspecified atom stereocenters. The zero-order chi connectivity index (χ0) is 22.5. The van der Waals surface area contributed by atoms with Crippen LogP contribution in [0.4, 0.5) is 5.69 Å². The van der Waals surface area contributed by atoms with Crippen molar-refractivity contribution in [1.29, 1.82) is 0 Å². The van der Waals surface area contributed by atoms with Gasteiger partial charge in [-0.25, -0.2) is 4.79 Å². The molecule has 11 heteroatoms. The maximum atomic E-state index is 12.9. The predicted molar refractivity (Wildman–Crippen MR) is 117 cm³/mol. The first-order valence-corrected chi connectivity index (χ1v) is 10.5. The lowest BCUT2D eigenvalue weighted by atomic mass is 10.0. The fourth-order valence-electron chi connectivity index (χ4n) is 2.85. The summed E-state index contributed by atoms with van der Waals surface area (Å²) in [4.78, 5) is 38.0. The highest BCUT2D eigenvalue weighted by Gasteiger charge is 2.20. The minimum atomic E-state index is -0.697. The van der Waals surface area contributed by atoms with Crippen molar-refractivity contribution in [2.24, 2.45) is 0 Å². The van der Waals surface area contributed by atoms with Gasteiger partial charge in [-0.2, -0.15) is 4.68 Å². The molecule has 0 aliphatic carbocycles. The number of amides is 1. The summed E-state index contributed by atoms with van der Waals surface area (Å²) in [6.45, 7) is -0.548. The molecule has 0 atom stereocenters. The van der Waals surface area contributed by atoms with Gasteiger partial charge in [0.2, 0.25) is 0 Å². The first kappa shape index (κ1) is 21.3. The molecule has 0 saturated heterocycles. The zero-order valence-corrected chi connectivity index (χ0v) is 17.8. The number of hydrogen-bond donors (Lipinski definition) is 1. The Kier molecular flexibility index (Phi) is 6.34. The summed E-state index contributed by atoms with van der Waals surface area (Å²) < 4.78 is 6.46. The Bertz CT molecular complexity index is 1270. The van der Waals surface area contributed by atoms with Crippen molar-refractivity contribution >= 4 is 46.3 Å². The number of carbonyl (C=O) groups excluding carboxylic acids is 3. The number of hydrogen-bond acceptors (Lipinski definition) is 8. The minimum absolute atomic E-state index is 0.225. The van der Waals surface area contributed by atoms with E-state index in [1.54, 1.807) is 47.8 Å². The van der Waals surface area contributed by atoms with Crippen LogP contribution in [0, 0.1) is 0 Å². The maximum Gasteiger partial charge on any atom is 0.351 e. The lowest BCUT2D eigenvalue weighted by molar-refractivity contribution is -0.119. The van der Waals surface area contributed by atoms with Gasteiger partial charge in [-0.05, 0) is 40.1 Å². The number of esters is 1. The molecule has 0 saturated carbocycles. The average molecular weight is 468 g/mol. The van der Waals surface area contributed by atoms with Gasteiger partial charge >= 0.3 is 5.97 Å². The number of aromatic nitrogens is 4. The van der Waals surface area contributed by atoms with Crippen molar-refractivity contribution in [3.05, 3.63) is 87.3 Å². The molecule has 4 rings (SSSR count). The van der Waals surface area contributed by atoms with E-state index < -0.39 is 18.5 Å². The minimum Gasteiger partial charge on any atom is -0.451 e. The van der Waals surface area contributed by atoms with Crippen LogP contribution in [0.5, 0.6) is 0 Å². The molecule has 0 fully saturated rings. The van der Waals surface area contributed by atoms with E-state index in [1.807, 2.05) is 0 Å². The summed E-state index contributed by atoms with van der Waals surface area (Å²) in [6, 6.07) is 14.8. The van der Waals surface area contributed by atoms with Crippen LogP contribution in [-0.4, -0.2) is 44.5 Å². The van der Waals surface area contributed by atoms with Crippen molar-refractivity contribution in [3.63, 3.8) is 0 Å². The summed E-state index contributed by atoms with van der Waals surface area (Å²) in [7, 11) is 0. The van der Waals surface area contributed by atoms with Gasteiger partial charge in [-0.1, -0.05) is 41.9 Å². The van der Waals surface area contributed by atoms with Crippen molar-refractivity contribution in [1.82, 2.24) is 20.2 Å². The number of carbonyl (C=O) groups is 3. The number of halogens is 1. The Morgan fingerprint density at radius 1 is 1.09 bits per heavy atom. The van der Waals surface area contributed by atoms with Gasteiger partial charge in [-0.15, -0.1) is 16.4 Å². The van der Waals surface area contributed by atoms with E-state index in [-0.39, 0.29) is 21.9 Å². The second-order valence-electron chi connectivity index (χ2n) is 6.40. The Morgan fingerprint density at radius 3 is 2.66 bits per heavy atom. The molecule has 1 amide bonds. The number of nitrogens with one attached hydrogen (secondary N) is 1. The highest BCUT2D eigenvalue weighted by atomic mass is 35.5. The monoisotopic (exact) mass is 467 g/mol. The summed E-state index contributed by atoms with van der Waals surface area (Å²) >= 11 is 7.19. The fourth-order valence-corrected chi connectivity index (χ4v) is 3.79.